The van der Waals surface area contributed by atoms with Crippen LogP contribution in [-0.2, 0) is 13.0 Å². The predicted molar refractivity (Wildman–Crippen MR) is 45.8 cm³/mol. The molecule has 12 heavy (non-hydrogen) atoms. The third-order valence-corrected chi connectivity index (χ3v) is 2.32. The van der Waals surface area contributed by atoms with E-state index in [2.05, 4.69) is 17.0 Å². The van der Waals surface area contributed by atoms with E-state index in [9.17, 15) is 0 Å². The van der Waals surface area contributed by atoms with E-state index in [4.69, 9.17) is 4.52 Å². The lowest BCUT2D eigenvalue weighted by Crippen LogP contribution is -2.30. The highest BCUT2D eigenvalue weighted by Gasteiger charge is 2.18. The number of aromatic nitrogens is 1. The van der Waals surface area contributed by atoms with Crippen LogP contribution in [0.3, 0.4) is 0 Å². The Morgan fingerprint density at radius 3 is 3.42 bits per heavy atom. The highest BCUT2D eigenvalue weighted by molar-refractivity contribution is 5.16. The van der Waals surface area contributed by atoms with E-state index in [1.807, 2.05) is 6.20 Å². The zero-order valence-electron chi connectivity index (χ0n) is 7.42. The number of fused-ring (bicyclic) bond motifs is 1. The fourth-order valence-corrected chi connectivity index (χ4v) is 1.71. The van der Waals surface area contributed by atoms with Gasteiger partial charge in [-0.1, -0.05) is 12.1 Å². The number of rotatable bonds is 2. The molecule has 2 heterocycles. The molecule has 2 rings (SSSR count). The van der Waals surface area contributed by atoms with Gasteiger partial charge in [-0.3, -0.25) is 4.90 Å². The van der Waals surface area contributed by atoms with Crippen molar-refractivity contribution in [2.45, 2.75) is 26.3 Å². The minimum atomic E-state index is 1.02. The summed E-state index contributed by atoms with van der Waals surface area (Å²) in [6, 6.07) is 0. The molecule has 0 N–H and O–H groups in total. The van der Waals surface area contributed by atoms with Crippen molar-refractivity contribution in [1.82, 2.24) is 10.1 Å². The van der Waals surface area contributed by atoms with E-state index < -0.39 is 0 Å². The van der Waals surface area contributed by atoms with Crippen LogP contribution >= 0.6 is 0 Å². The first-order valence-electron chi connectivity index (χ1n) is 4.55. The van der Waals surface area contributed by atoms with Gasteiger partial charge in [-0.25, -0.2) is 0 Å². The first kappa shape index (κ1) is 7.80. The molecule has 0 atom stereocenters. The maximum atomic E-state index is 5.11. The average molecular weight is 166 g/mol. The summed E-state index contributed by atoms with van der Waals surface area (Å²) < 4.78 is 5.11. The molecule has 0 aliphatic carbocycles. The van der Waals surface area contributed by atoms with Crippen LogP contribution in [0.4, 0.5) is 0 Å². The van der Waals surface area contributed by atoms with E-state index in [0.717, 1.165) is 25.3 Å². The fourth-order valence-electron chi connectivity index (χ4n) is 1.71. The van der Waals surface area contributed by atoms with Crippen LogP contribution < -0.4 is 0 Å². The zero-order chi connectivity index (χ0) is 8.39. The second-order valence-electron chi connectivity index (χ2n) is 3.30. The van der Waals surface area contributed by atoms with Gasteiger partial charge in [0, 0.05) is 25.1 Å². The Labute approximate surface area is 72.3 Å². The normalized spacial score (nSPS) is 17.8. The SMILES string of the molecule is CCCN1CCc2oncc2C1. The molecule has 0 saturated carbocycles. The van der Waals surface area contributed by atoms with Gasteiger partial charge in [0.1, 0.15) is 5.76 Å². The molecule has 3 nitrogen and oxygen atoms in total. The summed E-state index contributed by atoms with van der Waals surface area (Å²) >= 11 is 0. The lowest BCUT2D eigenvalue weighted by atomic mass is 10.1. The molecule has 1 aromatic rings. The van der Waals surface area contributed by atoms with Crippen LogP contribution in [0.2, 0.25) is 0 Å². The molecule has 0 bridgehead atoms. The molecule has 0 radical (unpaired) electrons. The van der Waals surface area contributed by atoms with Gasteiger partial charge in [-0.05, 0) is 13.0 Å². The van der Waals surface area contributed by atoms with Gasteiger partial charge in [0.25, 0.3) is 0 Å². The van der Waals surface area contributed by atoms with Crippen molar-refractivity contribution < 1.29 is 4.52 Å². The first-order chi connectivity index (χ1) is 5.90. The molecule has 0 aromatic carbocycles. The Morgan fingerprint density at radius 2 is 2.58 bits per heavy atom. The Hall–Kier alpha value is -0.830. The van der Waals surface area contributed by atoms with Gasteiger partial charge in [-0.2, -0.15) is 0 Å². The summed E-state index contributed by atoms with van der Waals surface area (Å²) in [5.74, 6) is 1.09. The minimum Gasteiger partial charge on any atom is -0.361 e. The average Bonchev–Trinajstić information content (AvgIpc) is 2.51. The standard InChI is InChI=1S/C9H14N2O/c1-2-4-11-5-3-9-8(7-11)6-10-12-9/h6H,2-5,7H2,1H3. The van der Waals surface area contributed by atoms with Gasteiger partial charge in [-0.15, -0.1) is 0 Å². The van der Waals surface area contributed by atoms with E-state index in [-0.39, 0.29) is 0 Å². The monoisotopic (exact) mass is 166 g/mol. The molecule has 0 saturated heterocycles. The summed E-state index contributed by atoms with van der Waals surface area (Å²) in [6.45, 7) is 5.54. The summed E-state index contributed by atoms with van der Waals surface area (Å²) in [6.07, 6.45) is 4.09. The van der Waals surface area contributed by atoms with Gasteiger partial charge < -0.3 is 4.52 Å². The molecule has 0 unspecified atom stereocenters. The van der Waals surface area contributed by atoms with Crippen molar-refractivity contribution in [2.75, 3.05) is 13.1 Å². The molecule has 1 aromatic heterocycles. The molecule has 1 aliphatic heterocycles. The third kappa shape index (κ3) is 1.37. The summed E-state index contributed by atoms with van der Waals surface area (Å²) in [5.41, 5.74) is 1.27. The summed E-state index contributed by atoms with van der Waals surface area (Å²) in [5, 5.41) is 3.80. The molecular weight excluding hydrogens is 152 g/mol. The van der Waals surface area contributed by atoms with Crippen molar-refractivity contribution in [3.8, 4) is 0 Å². The van der Waals surface area contributed by atoms with Crippen LogP contribution in [0.1, 0.15) is 24.7 Å². The molecule has 0 fully saturated rings. The maximum absolute atomic E-state index is 5.11. The van der Waals surface area contributed by atoms with Gasteiger partial charge in [0.15, 0.2) is 0 Å². The Bertz CT molecular complexity index is 257. The van der Waals surface area contributed by atoms with E-state index in [0.29, 0.717) is 0 Å². The summed E-state index contributed by atoms with van der Waals surface area (Å²) in [4.78, 5) is 2.44. The van der Waals surface area contributed by atoms with Gasteiger partial charge in [0.05, 0.1) is 6.20 Å². The van der Waals surface area contributed by atoms with Crippen LogP contribution in [0.5, 0.6) is 0 Å². The van der Waals surface area contributed by atoms with E-state index in [1.165, 1.54) is 18.5 Å². The topological polar surface area (TPSA) is 29.3 Å². The predicted octanol–water partition coefficient (Wildman–Crippen LogP) is 1.44. The molecule has 3 heteroatoms. The van der Waals surface area contributed by atoms with Gasteiger partial charge in [0.2, 0.25) is 0 Å². The minimum absolute atomic E-state index is 1.02. The smallest absolute Gasteiger partial charge is 0.142 e. The van der Waals surface area contributed by atoms with Crippen molar-refractivity contribution in [2.24, 2.45) is 0 Å². The fraction of sp³-hybridized carbons (Fsp3) is 0.667. The Kier molecular flexibility index (Phi) is 2.13. The second kappa shape index (κ2) is 3.27. The third-order valence-electron chi connectivity index (χ3n) is 2.32. The van der Waals surface area contributed by atoms with Crippen LogP contribution in [-0.4, -0.2) is 23.1 Å². The number of nitrogens with zero attached hydrogens (tertiary/aromatic N) is 2. The molecule has 0 spiro atoms. The molecule has 1 aliphatic rings. The molecule has 0 amide bonds. The Morgan fingerprint density at radius 1 is 1.67 bits per heavy atom. The van der Waals surface area contributed by atoms with E-state index >= 15 is 0 Å². The first-order valence-corrected chi connectivity index (χ1v) is 4.55. The van der Waals surface area contributed by atoms with Crippen molar-refractivity contribution in [1.29, 1.82) is 0 Å². The van der Waals surface area contributed by atoms with Crippen molar-refractivity contribution in [3.63, 3.8) is 0 Å². The van der Waals surface area contributed by atoms with Crippen LogP contribution in [0.15, 0.2) is 10.7 Å². The number of hydrogen-bond donors (Lipinski definition) is 0. The lowest BCUT2D eigenvalue weighted by Gasteiger charge is -2.24. The lowest BCUT2D eigenvalue weighted by molar-refractivity contribution is 0.237. The molecule has 66 valence electrons. The summed E-state index contributed by atoms with van der Waals surface area (Å²) in [7, 11) is 0. The quantitative estimate of drug-likeness (QED) is 0.665. The highest BCUT2D eigenvalue weighted by atomic mass is 16.5. The van der Waals surface area contributed by atoms with Gasteiger partial charge >= 0.3 is 0 Å². The van der Waals surface area contributed by atoms with Crippen molar-refractivity contribution in [3.05, 3.63) is 17.5 Å². The second-order valence-corrected chi connectivity index (χ2v) is 3.30. The zero-order valence-corrected chi connectivity index (χ0v) is 7.42. The highest BCUT2D eigenvalue weighted by Crippen LogP contribution is 2.17. The maximum Gasteiger partial charge on any atom is 0.142 e. The number of hydrogen-bond acceptors (Lipinski definition) is 3. The molecular formula is C9H14N2O. The van der Waals surface area contributed by atoms with E-state index in [1.54, 1.807) is 0 Å². The largest absolute Gasteiger partial charge is 0.361 e. The van der Waals surface area contributed by atoms with Crippen LogP contribution in [0.25, 0.3) is 0 Å². The van der Waals surface area contributed by atoms with Crippen LogP contribution in [0, 0.1) is 0 Å². The Balaban J connectivity index is 2.05. The van der Waals surface area contributed by atoms with Crippen molar-refractivity contribution >= 4 is 0 Å².